The van der Waals surface area contributed by atoms with Gasteiger partial charge in [-0.05, 0) is 37.9 Å². The van der Waals surface area contributed by atoms with Gasteiger partial charge >= 0.3 is 0 Å². The van der Waals surface area contributed by atoms with E-state index in [2.05, 4.69) is 25.0 Å². The number of benzene rings is 1. The third-order valence-electron chi connectivity index (χ3n) is 6.61. The van der Waals surface area contributed by atoms with Gasteiger partial charge in [-0.25, -0.2) is 23.5 Å². The summed E-state index contributed by atoms with van der Waals surface area (Å²) in [6, 6.07) is 9.25. The van der Waals surface area contributed by atoms with Gasteiger partial charge in [-0.1, -0.05) is 6.07 Å². The van der Waals surface area contributed by atoms with Crippen molar-refractivity contribution in [1.82, 2.24) is 29.6 Å². The Morgan fingerprint density at radius 2 is 2.03 bits per heavy atom. The second kappa shape index (κ2) is 8.92. The van der Waals surface area contributed by atoms with Crippen LogP contribution in [0.5, 0.6) is 0 Å². The molecule has 0 aliphatic carbocycles. The highest BCUT2D eigenvalue weighted by Gasteiger charge is 2.28. The highest BCUT2D eigenvalue weighted by atomic mass is 32.2. The van der Waals surface area contributed by atoms with Crippen molar-refractivity contribution < 1.29 is 13.4 Å². The Morgan fingerprint density at radius 3 is 2.82 bits per heavy atom. The number of nitrogens with zero attached hydrogens (tertiary/aromatic N) is 6. The van der Waals surface area contributed by atoms with Gasteiger partial charge < -0.3 is 20.0 Å². The summed E-state index contributed by atoms with van der Waals surface area (Å²) in [6.07, 6.45) is 6.65. The molecule has 0 saturated heterocycles. The van der Waals surface area contributed by atoms with Crippen molar-refractivity contribution in [3.05, 3.63) is 65.8 Å². The second-order valence-electron chi connectivity index (χ2n) is 9.39. The number of carbonyl (C=O) groups excluding carboxylic acids is 1. The first-order valence-electron chi connectivity index (χ1n) is 11.9. The summed E-state index contributed by atoms with van der Waals surface area (Å²) in [5.41, 5.74) is 6.44. The molecule has 194 valence electrons. The number of anilines is 2. The van der Waals surface area contributed by atoms with E-state index in [4.69, 9.17) is 9.40 Å². The Bertz CT molecular complexity index is 1860. The monoisotopic (exact) mass is 530 g/mol. The summed E-state index contributed by atoms with van der Waals surface area (Å²) >= 11 is 0. The van der Waals surface area contributed by atoms with Gasteiger partial charge in [-0.2, -0.15) is 0 Å². The van der Waals surface area contributed by atoms with Gasteiger partial charge in [0.2, 0.25) is 5.71 Å². The molecule has 1 amide bonds. The molecule has 1 aliphatic rings. The first kappa shape index (κ1) is 24.1. The summed E-state index contributed by atoms with van der Waals surface area (Å²) in [5.74, 6) is 0.382. The van der Waals surface area contributed by atoms with Crippen molar-refractivity contribution in [3.8, 4) is 11.3 Å². The van der Waals surface area contributed by atoms with Crippen molar-refractivity contribution >= 4 is 44.0 Å². The summed E-state index contributed by atoms with van der Waals surface area (Å²) < 4.78 is 24.6. The van der Waals surface area contributed by atoms with Crippen LogP contribution in [0.2, 0.25) is 0 Å². The van der Waals surface area contributed by atoms with Crippen LogP contribution in [0.3, 0.4) is 0 Å². The molecule has 1 aromatic carbocycles. The van der Waals surface area contributed by atoms with Crippen molar-refractivity contribution in [1.29, 1.82) is 0 Å². The summed E-state index contributed by atoms with van der Waals surface area (Å²) in [4.78, 5) is 29.2. The zero-order chi connectivity index (χ0) is 26.6. The Morgan fingerprint density at radius 1 is 1.18 bits per heavy atom. The lowest BCUT2D eigenvalue weighted by Gasteiger charge is -2.17. The quantitative estimate of drug-likeness (QED) is 0.340. The number of hydrogen-bond donors (Lipinski definition) is 2. The van der Waals surface area contributed by atoms with Gasteiger partial charge in [-0.15, -0.1) is 0 Å². The maximum Gasteiger partial charge on any atom is 0.254 e. The van der Waals surface area contributed by atoms with Crippen molar-refractivity contribution in [2.75, 3.05) is 32.7 Å². The minimum atomic E-state index is -2.57. The standard InChI is InChI=1S/C26H26N8O3S/c1-27-38(4,36)21-7-8-22(32-18(21)14-33(2)3)31-17-6-5-15(16-11-29-25(35)24(16)17)20-12-28-23-13-30-26-19(34(20)23)9-10-37-26/h5-10,12-13H,11,14H2,1-4H3,(H,29,35)(H,31,32). The largest absolute Gasteiger partial charge is 0.445 e. The lowest BCUT2D eigenvalue weighted by Crippen LogP contribution is -2.16. The van der Waals surface area contributed by atoms with Gasteiger partial charge in [0.25, 0.3) is 5.91 Å². The van der Waals surface area contributed by atoms with Gasteiger partial charge in [0.05, 0.1) is 55.9 Å². The maximum absolute atomic E-state index is 13.0. The molecule has 0 radical (unpaired) electrons. The van der Waals surface area contributed by atoms with Crippen LogP contribution in [0, 0.1) is 0 Å². The molecule has 0 spiro atoms. The van der Waals surface area contributed by atoms with Gasteiger partial charge in [0.1, 0.15) is 11.3 Å². The fourth-order valence-electron chi connectivity index (χ4n) is 4.82. The molecule has 5 aromatic rings. The van der Waals surface area contributed by atoms with Crippen LogP contribution in [0.25, 0.3) is 28.1 Å². The number of aromatic nitrogens is 4. The van der Waals surface area contributed by atoms with Crippen LogP contribution in [-0.4, -0.2) is 61.8 Å². The highest BCUT2D eigenvalue weighted by molar-refractivity contribution is 7.93. The molecular formula is C26H26N8O3S. The molecule has 1 unspecified atom stereocenters. The average molecular weight is 531 g/mol. The number of pyridine rings is 1. The smallest absolute Gasteiger partial charge is 0.254 e. The van der Waals surface area contributed by atoms with Crippen LogP contribution in [0.4, 0.5) is 11.5 Å². The summed E-state index contributed by atoms with van der Waals surface area (Å²) in [7, 11) is 2.84. The van der Waals surface area contributed by atoms with E-state index in [-0.39, 0.29) is 5.91 Å². The van der Waals surface area contributed by atoms with Crippen molar-refractivity contribution in [2.45, 2.75) is 18.0 Å². The van der Waals surface area contributed by atoms with Crippen LogP contribution in [0.15, 0.2) is 62.7 Å². The first-order valence-corrected chi connectivity index (χ1v) is 13.8. The lowest BCUT2D eigenvalue weighted by molar-refractivity contribution is 0.0966. The number of nitrogens with one attached hydrogen (secondary N) is 2. The third kappa shape index (κ3) is 3.89. The normalized spacial score (nSPS) is 14.6. The molecule has 0 bridgehead atoms. The topological polar surface area (TPSA) is 130 Å². The molecule has 4 aromatic heterocycles. The molecule has 0 saturated carbocycles. The molecule has 5 heterocycles. The minimum Gasteiger partial charge on any atom is -0.445 e. The van der Waals surface area contributed by atoms with E-state index in [1.54, 1.807) is 44.1 Å². The molecular weight excluding hydrogens is 504 g/mol. The third-order valence-corrected chi connectivity index (χ3v) is 8.50. The number of fused-ring (bicyclic) bond motifs is 4. The van der Waals surface area contributed by atoms with E-state index < -0.39 is 9.73 Å². The molecule has 1 aliphatic heterocycles. The van der Waals surface area contributed by atoms with E-state index in [1.807, 2.05) is 41.6 Å². The molecule has 0 fully saturated rings. The molecule has 1 atom stereocenters. The van der Waals surface area contributed by atoms with Gasteiger partial charge in [0, 0.05) is 38.0 Å². The summed E-state index contributed by atoms with van der Waals surface area (Å²) in [5, 5.41) is 6.27. The molecule has 6 rings (SSSR count). The summed E-state index contributed by atoms with van der Waals surface area (Å²) in [6.45, 7) is 0.883. The molecule has 2 N–H and O–H groups in total. The number of imidazole rings is 1. The molecule has 12 heteroatoms. The predicted octanol–water partition coefficient (Wildman–Crippen LogP) is 3.67. The fraction of sp³-hybridized carbons (Fsp3) is 0.231. The Labute approximate surface area is 219 Å². The molecule has 11 nitrogen and oxygen atoms in total. The maximum atomic E-state index is 13.0. The van der Waals surface area contributed by atoms with Crippen LogP contribution < -0.4 is 10.6 Å². The predicted molar refractivity (Wildman–Crippen MR) is 145 cm³/mol. The van der Waals surface area contributed by atoms with E-state index in [1.165, 1.54) is 0 Å². The Balaban J connectivity index is 1.45. The average Bonchev–Trinajstić information content (AvgIpc) is 3.62. The van der Waals surface area contributed by atoms with Gasteiger partial charge in [-0.3, -0.25) is 9.20 Å². The zero-order valence-electron chi connectivity index (χ0n) is 21.3. The Hall–Kier alpha value is -4.29. The first-order chi connectivity index (χ1) is 18.3. The number of furan rings is 1. The highest BCUT2D eigenvalue weighted by Crippen LogP contribution is 2.36. The molecule has 38 heavy (non-hydrogen) atoms. The van der Waals surface area contributed by atoms with Crippen molar-refractivity contribution in [3.63, 3.8) is 0 Å². The van der Waals surface area contributed by atoms with Crippen molar-refractivity contribution in [2.24, 2.45) is 4.36 Å². The SMILES string of the molecule is CN=S(C)(=O)c1ccc(Nc2ccc(-c3cnc4cnc5occc5n34)c3c2C(=O)NC3)nc1CN(C)C. The number of amides is 1. The van der Waals surface area contributed by atoms with Gasteiger partial charge in [0.15, 0.2) is 5.65 Å². The number of carbonyl (C=O) groups is 1. The minimum absolute atomic E-state index is 0.167. The number of hydrogen-bond acceptors (Lipinski definition) is 9. The van der Waals surface area contributed by atoms with Crippen LogP contribution in [-0.2, 0) is 22.8 Å². The number of rotatable bonds is 6. The zero-order valence-corrected chi connectivity index (χ0v) is 22.2. The van der Waals surface area contributed by atoms with E-state index >= 15 is 0 Å². The van der Waals surface area contributed by atoms with Crippen LogP contribution in [0.1, 0.15) is 21.6 Å². The second-order valence-corrected chi connectivity index (χ2v) is 11.8. The Kier molecular flexibility index (Phi) is 5.65. The van der Waals surface area contributed by atoms with E-state index in [0.717, 1.165) is 22.3 Å². The lowest BCUT2D eigenvalue weighted by atomic mass is 9.99. The van der Waals surface area contributed by atoms with E-state index in [0.29, 0.717) is 52.1 Å². The van der Waals surface area contributed by atoms with Crippen LogP contribution >= 0.6 is 0 Å². The fourth-order valence-corrected chi connectivity index (χ4v) is 5.89. The van der Waals surface area contributed by atoms with E-state index in [9.17, 15) is 9.00 Å².